The topological polar surface area (TPSA) is 58.6 Å². The SMILES string of the molecule is COCC(CC(C)C)Nc1cccc(CCC(=O)O)c1. The molecule has 4 heteroatoms. The van der Waals surface area contributed by atoms with Gasteiger partial charge in [0, 0.05) is 25.3 Å². The molecule has 20 heavy (non-hydrogen) atoms. The molecule has 4 nitrogen and oxygen atoms in total. The van der Waals surface area contributed by atoms with Gasteiger partial charge in [-0.15, -0.1) is 0 Å². The predicted molar refractivity (Wildman–Crippen MR) is 81.1 cm³/mol. The molecule has 1 aromatic carbocycles. The molecular formula is C16H25NO3. The maximum Gasteiger partial charge on any atom is 0.303 e. The van der Waals surface area contributed by atoms with E-state index < -0.39 is 5.97 Å². The van der Waals surface area contributed by atoms with Gasteiger partial charge in [-0.1, -0.05) is 26.0 Å². The summed E-state index contributed by atoms with van der Waals surface area (Å²) in [6.45, 7) is 5.04. The minimum atomic E-state index is -0.763. The van der Waals surface area contributed by atoms with E-state index in [0.717, 1.165) is 17.7 Å². The van der Waals surface area contributed by atoms with Crippen LogP contribution >= 0.6 is 0 Å². The molecule has 0 saturated heterocycles. The number of anilines is 1. The van der Waals surface area contributed by atoms with Gasteiger partial charge in [-0.3, -0.25) is 4.79 Å². The predicted octanol–water partition coefficient (Wildman–Crippen LogP) is 3.18. The van der Waals surface area contributed by atoms with Crippen molar-refractivity contribution in [3.8, 4) is 0 Å². The van der Waals surface area contributed by atoms with Crippen LogP contribution in [0.4, 0.5) is 5.69 Å². The van der Waals surface area contributed by atoms with Gasteiger partial charge in [0.05, 0.1) is 6.61 Å². The fourth-order valence-electron chi connectivity index (χ4n) is 2.24. The van der Waals surface area contributed by atoms with E-state index in [1.54, 1.807) is 7.11 Å². The lowest BCUT2D eigenvalue weighted by atomic mass is 10.0. The van der Waals surface area contributed by atoms with Gasteiger partial charge in [0.2, 0.25) is 0 Å². The minimum absolute atomic E-state index is 0.164. The number of benzene rings is 1. The Kier molecular flexibility index (Phi) is 7.09. The van der Waals surface area contributed by atoms with Crippen LogP contribution < -0.4 is 5.32 Å². The zero-order valence-corrected chi connectivity index (χ0v) is 12.6. The van der Waals surface area contributed by atoms with Crippen LogP contribution in [0.15, 0.2) is 24.3 Å². The van der Waals surface area contributed by atoms with Crippen molar-refractivity contribution in [1.29, 1.82) is 0 Å². The molecular weight excluding hydrogens is 254 g/mol. The highest BCUT2D eigenvalue weighted by Crippen LogP contribution is 2.16. The molecule has 1 rings (SSSR count). The van der Waals surface area contributed by atoms with Crippen LogP contribution in [0.3, 0.4) is 0 Å². The van der Waals surface area contributed by atoms with Gasteiger partial charge in [-0.05, 0) is 36.5 Å². The summed E-state index contributed by atoms with van der Waals surface area (Å²) in [5.74, 6) is -0.168. The van der Waals surface area contributed by atoms with Gasteiger partial charge in [0.1, 0.15) is 0 Å². The van der Waals surface area contributed by atoms with Crippen LogP contribution in [0.2, 0.25) is 0 Å². The van der Waals surface area contributed by atoms with Crippen molar-refractivity contribution >= 4 is 11.7 Å². The van der Waals surface area contributed by atoms with Gasteiger partial charge in [0.25, 0.3) is 0 Å². The van der Waals surface area contributed by atoms with E-state index in [2.05, 4.69) is 19.2 Å². The Hall–Kier alpha value is -1.55. The summed E-state index contributed by atoms with van der Waals surface area (Å²) in [4.78, 5) is 10.6. The van der Waals surface area contributed by atoms with Crippen molar-refractivity contribution in [3.63, 3.8) is 0 Å². The maximum atomic E-state index is 10.6. The van der Waals surface area contributed by atoms with Crippen molar-refractivity contribution < 1.29 is 14.6 Å². The standard InChI is InChI=1S/C16H25NO3/c1-12(2)9-15(11-20-3)17-14-6-4-5-13(10-14)7-8-16(18)19/h4-6,10,12,15,17H,7-9,11H2,1-3H3,(H,18,19). The van der Waals surface area contributed by atoms with Gasteiger partial charge in [0.15, 0.2) is 0 Å². The number of aryl methyl sites for hydroxylation is 1. The van der Waals surface area contributed by atoms with Gasteiger partial charge >= 0.3 is 5.97 Å². The lowest BCUT2D eigenvalue weighted by Gasteiger charge is -2.21. The molecule has 0 radical (unpaired) electrons. The summed E-state index contributed by atoms with van der Waals surface area (Å²) in [5, 5.41) is 12.2. The molecule has 0 aliphatic heterocycles. The van der Waals surface area contributed by atoms with Crippen molar-refractivity contribution in [2.45, 2.75) is 39.2 Å². The summed E-state index contributed by atoms with van der Waals surface area (Å²) in [6, 6.07) is 8.22. The van der Waals surface area contributed by atoms with Crippen LogP contribution in [0.5, 0.6) is 0 Å². The van der Waals surface area contributed by atoms with E-state index in [1.165, 1.54) is 0 Å². The second kappa shape index (κ2) is 8.59. The molecule has 1 atom stereocenters. The highest BCUT2D eigenvalue weighted by Gasteiger charge is 2.11. The third-order valence-corrected chi connectivity index (χ3v) is 3.05. The second-order valence-electron chi connectivity index (χ2n) is 5.52. The average Bonchev–Trinajstić information content (AvgIpc) is 2.36. The zero-order chi connectivity index (χ0) is 15.0. The number of carbonyl (C=O) groups is 1. The van der Waals surface area contributed by atoms with Crippen LogP contribution in [-0.4, -0.2) is 30.8 Å². The molecule has 0 spiro atoms. The summed E-state index contributed by atoms with van der Waals surface area (Å²) in [6.07, 6.45) is 1.76. The molecule has 112 valence electrons. The third kappa shape index (κ3) is 6.57. The number of methoxy groups -OCH3 is 1. The fraction of sp³-hybridized carbons (Fsp3) is 0.562. The Morgan fingerprint density at radius 3 is 2.75 bits per heavy atom. The first-order chi connectivity index (χ1) is 9.51. The molecule has 0 aromatic heterocycles. The van der Waals surface area contributed by atoms with E-state index in [-0.39, 0.29) is 12.5 Å². The smallest absolute Gasteiger partial charge is 0.303 e. The minimum Gasteiger partial charge on any atom is -0.481 e. The number of aliphatic carboxylic acids is 1. The van der Waals surface area contributed by atoms with Crippen LogP contribution in [-0.2, 0) is 16.0 Å². The molecule has 0 fully saturated rings. The third-order valence-electron chi connectivity index (χ3n) is 3.05. The van der Waals surface area contributed by atoms with Crippen molar-refractivity contribution in [3.05, 3.63) is 29.8 Å². The highest BCUT2D eigenvalue weighted by molar-refractivity contribution is 5.67. The number of ether oxygens (including phenoxy) is 1. The number of carboxylic acid groups (broad SMARTS) is 1. The molecule has 1 unspecified atom stereocenters. The molecule has 0 bridgehead atoms. The average molecular weight is 279 g/mol. The summed E-state index contributed by atoms with van der Waals surface area (Å²) < 4.78 is 5.25. The Bertz CT molecular complexity index is 418. The first-order valence-electron chi connectivity index (χ1n) is 7.07. The highest BCUT2D eigenvalue weighted by atomic mass is 16.5. The Morgan fingerprint density at radius 1 is 1.40 bits per heavy atom. The quantitative estimate of drug-likeness (QED) is 0.729. The summed E-state index contributed by atoms with van der Waals surface area (Å²) in [5.41, 5.74) is 2.06. The second-order valence-corrected chi connectivity index (χ2v) is 5.52. The van der Waals surface area contributed by atoms with E-state index in [0.29, 0.717) is 18.9 Å². The molecule has 2 N–H and O–H groups in total. The number of nitrogens with one attached hydrogen (secondary N) is 1. The first-order valence-corrected chi connectivity index (χ1v) is 7.07. The van der Waals surface area contributed by atoms with Crippen molar-refractivity contribution in [1.82, 2.24) is 0 Å². The van der Waals surface area contributed by atoms with Crippen LogP contribution in [0.1, 0.15) is 32.3 Å². The molecule has 0 amide bonds. The number of hydrogen-bond donors (Lipinski definition) is 2. The fourth-order valence-corrected chi connectivity index (χ4v) is 2.24. The first kappa shape index (κ1) is 16.5. The normalized spacial score (nSPS) is 12.4. The van der Waals surface area contributed by atoms with Crippen LogP contribution in [0.25, 0.3) is 0 Å². The lowest BCUT2D eigenvalue weighted by Crippen LogP contribution is -2.26. The largest absolute Gasteiger partial charge is 0.481 e. The zero-order valence-electron chi connectivity index (χ0n) is 12.6. The number of carboxylic acids is 1. The van der Waals surface area contributed by atoms with Crippen molar-refractivity contribution in [2.24, 2.45) is 5.92 Å². The molecule has 1 aromatic rings. The Morgan fingerprint density at radius 2 is 2.15 bits per heavy atom. The van der Waals surface area contributed by atoms with E-state index >= 15 is 0 Å². The van der Waals surface area contributed by atoms with E-state index in [9.17, 15) is 4.79 Å². The molecule has 0 saturated carbocycles. The molecule has 0 aliphatic rings. The summed E-state index contributed by atoms with van der Waals surface area (Å²) >= 11 is 0. The Balaban J connectivity index is 2.64. The number of rotatable bonds is 9. The van der Waals surface area contributed by atoms with Gasteiger partial charge in [-0.2, -0.15) is 0 Å². The Labute approximate surface area is 121 Å². The molecule has 0 heterocycles. The summed E-state index contributed by atoms with van der Waals surface area (Å²) in [7, 11) is 1.71. The number of hydrogen-bond acceptors (Lipinski definition) is 3. The van der Waals surface area contributed by atoms with Gasteiger partial charge < -0.3 is 15.2 Å². The maximum absolute atomic E-state index is 10.6. The van der Waals surface area contributed by atoms with E-state index in [1.807, 2.05) is 24.3 Å². The van der Waals surface area contributed by atoms with Crippen molar-refractivity contribution in [2.75, 3.05) is 19.0 Å². The van der Waals surface area contributed by atoms with E-state index in [4.69, 9.17) is 9.84 Å². The van der Waals surface area contributed by atoms with Gasteiger partial charge in [-0.25, -0.2) is 0 Å². The lowest BCUT2D eigenvalue weighted by molar-refractivity contribution is -0.136. The molecule has 0 aliphatic carbocycles. The van der Waals surface area contributed by atoms with Crippen LogP contribution in [0, 0.1) is 5.92 Å². The monoisotopic (exact) mass is 279 g/mol.